The van der Waals surface area contributed by atoms with Crippen LogP contribution < -0.4 is 10.1 Å². The Bertz CT molecular complexity index is 636. The second-order valence-corrected chi connectivity index (χ2v) is 4.45. The largest absolute Gasteiger partial charge is 0.497 e. The molecule has 0 aliphatic carbocycles. The number of rotatable bonds is 5. The second-order valence-electron chi connectivity index (χ2n) is 4.45. The van der Waals surface area contributed by atoms with Crippen molar-refractivity contribution in [2.24, 2.45) is 0 Å². The van der Waals surface area contributed by atoms with Crippen molar-refractivity contribution in [1.29, 1.82) is 0 Å². The molecule has 0 saturated carbocycles. The highest BCUT2D eigenvalue weighted by Crippen LogP contribution is 2.27. The average Bonchev–Trinajstić information content (AvgIpc) is 2.96. The van der Waals surface area contributed by atoms with E-state index in [4.69, 9.17) is 4.74 Å². The summed E-state index contributed by atoms with van der Waals surface area (Å²) in [5, 5.41) is 6.01. The third-order valence-corrected chi connectivity index (χ3v) is 2.91. The van der Waals surface area contributed by atoms with Crippen molar-refractivity contribution in [3.05, 3.63) is 47.8 Å². The van der Waals surface area contributed by atoms with Crippen molar-refractivity contribution < 1.29 is 22.7 Å². The summed E-state index contributed by atoms with van der Waals surface area (Å²) in [6.07, 6.45) is -3.24. The standard InChI is InChI=1S/C14H14F3N3O2/c1-22-11-4-2-10(3-5-11)13(21)18-7-9-20-8-6-12(19-20)14(15,16)17/h2-6,8H,7,9H2,1H3,(H,18,21). The van der Waals surface area contributed by atoms with Gasteiger partial charge < -0.3 is 10.1 Å². The van der Waals surface area contributed by atoms with Gasteiger partial charge in [0.2, 0.25) is 0 Å². The Balaban J connectivity index is 1.85. The molecular weight excluding hydrogens is 299 g/mol. The molecule has 0 fully saturated rings. The minimum atomic E-state index is -4.46. The Morgan fingerprint density at radius 1 is 1.27 bits per heavy atom. The number of benzene rings is 1. The highest BCUT2D eigenvalue weighted by Gasteiger charge is 2.33. The zero-order chi connectivity index (χ0) is 16.2. The molecule has 1 heterocycles. The third-order valence-electron chi connectivity index (χ3n) is 2.91. The molecule has 0 spiro atoms. The molecule has 1 amide bonds. The first-order valence-corrected chi connectivity index (χ1v) is 6.43. The van der Waals surface area contributed by atoms with Crippen LogP contribution in [0.15, 0.2) is 36.5 Å². The van der Waals surface area contributed by atoms with Gasteiger partial charge in [-0.1, -0.05) is 0 Å². The zero-order valence-electron chi connectivity index (χ0n) is 11.7. The smallest absolute Gasteiger partial charge is 0.435 e. The molecule has 2 rings (SSSR count). The lowest BCUT2D eigenvalue weighted by Gasteiger charge is -2.06. The fourth-order valence-electron chi connectivity index (χ4n) is 1.77. The van der Waals surface area contributed by atoms with Gasteiger partial charge in [-0.3, -0.25) is 9.48 Å². The number of ether oxygens (including phenoxy) is 1. The van der Waals surface area contributed by atoms with Crippen molar-refractivity contribution in [2.75, 3.05) is 13.7 Å². The van der Waals surface area contributed by atoms with Crippen molar-refractivity contribution in [1.82, 2.24) is 15.1 Å². The number of hydrogen-bond donors (Lipinski definition) is 1. The van der Waals surface area contributed by atoms with Gasteiger partial charge in [0.05, 0.1) is 13.7 Å². The Labute approximate surface area is 124 Å². The van der Waals surface area contributed by atoms with Crippen molar-refractivity contribution in [2.45, 2.75) is 12.7 Å². The molecule has 0 bridgehead atoms. The Kier molecular flexibility index (Phi) is 4.69. The van der Waals surface area contributed by atoms with Crippen LogP contribution in [0.1, 0.15) is 16.1 Å². The maximum atomic E-state index is 12.4. The molecule has 0 radical (unpaired) electrons. The molecule has 5 nitrogen and oxygen atoms in total. The summed E-state index contributed by atoms with van der Waals surface area (Å²) < 4.78 is 43.3. The molecule has 2 aromatic rings. The lowest BCUT2D eigenvalue weighted by atomic mass is 10.2. The van der Waals surface area contributed by atoms with Gasteiger partial charge in [0.1, 0.15) is 5.75 Å². The van der Waals surface area contributed by atoms with E-state index < -0.39 is 11.9 Å². The number of nitrogens with zero attached hydrogens (tertiary/aromatic N) is 2. The number of nitrogens with one attached hydrogen (secondary N) is 1. The summed E-state index contributed by atoms with van der Waals surface area (Å²) in [6.45, 7) is 0.321. The average molecular weight is 313 g/mol. The molecule has 1 aromatic heterocycles. The van der Waals surface area contributed by atoms with Crippen LogP contribution in [0.4, 0.5) is 13.2 Å². The molecule has 0 unspecified atom stereocenters. The van der Waals surface area contributed by atoms with Gasteiger partial charge >= 0.3 is 6.18 Å². The second kappa shape index (κ2) is 6.50. The monoisotopic (exact) mass is 313 g/mol. The topological polar surface area (TPSA) is 56.1 Å². The Morgan fingerprint density at radius 2 is 1.95 bits per heavy atom. The maximum absolute atomic E-state index is 12.4. The van der Waals surface area contributed by atoms with Crippen LogP contribution in [0, 0.1) is 0 Å². The summed E-state index contributed by atoms with van der Waals surface area (Å²) in [4.78, 5) is 11.8. The summed E-state index contributed by atoms with van der Waals surface area (Å²) in [5.41, 5.74) is -0.508. The fourth-order valence-corrected chi connectivity index (χ4v) is 1.77. The molecule has 118 valence electrons. The van der Waals surface area contributed by atoms with E-state index in [0.717, 1.165) is 10.7 Å². The highest BCUT2D eigenvalue weighted by atomic mass is 19.4. The first kappa shape index (κ1) is 15.9. The predicted octanol–water partition coefficient (Wildman–Crippen LogP) is 2.34. The van der Waals surface area contributed by atoms with Crippen molar-refractivity contribution in [3.8, 4) is 5.75 Å². The Morgan fingerprint density at radius 3 is 2.50 bits per heavy atom. The zero-order valence-corrected chi connectivity index (χ0v) is 11.7. The van der Waals surface area contributed by atoms with E-state index in [9.17, 15) is 18.0 Å². The number of methoxy groups -OCH3 is 1. The number of carbonyl (C=O) groups excluding carboxylic acids is 1. The maximum Gasteiger partial charge on any atom is 0.435 e. The summed E-state index contributed by atoms with van der Waals surface area (Å²) in [6, 6.07) is 7.40. The molecule has 1 N–H and O–H groups in total. The van der Waals surface area contributed by atoms with E-state index in [2.05, 4.69) is 10.4 Å². The van der Waals surface area contributed by atoms with Crippen LogP contribution in [0.3, 0.4) is 0 Å². The van der Waals surface area contributed by atoms with Gasteiger partial charge in [-0.15, -0.1) is 0 Å². The Hall–Kier alpha value is -2.51. The first-order chi connectivity index (χ1) is 10.4. The first-order valence-electron chi connectivity index (χ1n) is 6.43. The van der Waals surface area contributed by atoms with Crippen LogP contribution in [0.5, 0.6) is 5.75 Å². The number of amides is 1. The predicted molar refractivity (Wildman–Crippen MR) is 72.6 cm³/mol. The third kappa shape index (κ3) is 4.00. The van der Waals surface area contributed by atoms with E-state index in [0.29, 0.717) is 11.3 Å². The molecule has 1 aromatic carbocycles. The number of aromatic nitrogens is 2. The lowest BCUT2D eigenvalue weighted by Crippen LogP contribution is -2.27. The van der Waals surface area contributed by atoms with Crippen LogP contribution in [-0.2, 0) is 12.7 Å². The normalized spacial score (nSPS) is 11.3. The molecule has 0 aliphatic rings. The lowest BCUT2D eigenvalue weighted by molar-refractivity contribution is -0.141. The quantitative estimate of drug-likeness (QED) is 0.922. The van der Waals surface area contributed by atoms with Gasteiger partial charge in [-0.05, 0) is 30.3 Å². The van der Waals surface area contributed by atoms with Crippen LogP contribution in [0.25, 0.3) is 0 Å². The number of alkyl halides is 3. The van der Waals surface area contributed by atoms with E-state index in [-0.39, 0.29) is 19.0 Å². The molecule has 0 saturated heterocycles. The van der Waals surface area contributed by atoms with E-state index in [1.165, 1.54) is 13.3 Å². The van der Waals surface area contributed by atoms with Crippen LogP contribution >= 0.6 is 0 Å². The van der Waals surface area contributed by atoms with E-state index in [1.54, 1.807) is 24.3 Å². The summed E-state index contributed by atoms with van der Waals surface area (Å²) in [5.74, 6) is 0.318. The van der Waals surface area contributed by atoms with Gasteiger partial charge in [-0.25, -0.2) is 0 Å². The molecule has 22 heavy (non-hydrogen) atoms. The highest BCUT2D eigenvalue weighted by molar-refractivity contribution is 5.94. The van der Waals surface area contributed by atoms with Crippen LogP contribution in [-0.4, -0.2) is 29.3 Å². The summed E-state index contributed by atoms with van der Waals surface area (Å²) in [7, 11) is 1.52. The fraction of sp³-hybridized carbons (Fsp3) is 0.286. The molecule has 8 heteroatoms. The van der Waals surface area contributed by atoms with E-state index >= 15 is 0 Å². The molecule has 0 aliphatic heterocycles. The molecular formula is C14H14F3N3O2. The van der Waals surface area contributed by atoms with E-state index in [1.807, 2.05) is 0 Å². The number of carbonyl (C=O) groups is 1. The SMILES string of the molecule is COc1ccc(C(=O)NCCn2ccc(C(F)(F)F)n2)cc1. The van der Waals surface area contributed by atoms with Gasteiger partial charge in [0, 0.05) is 18.3 Å². The van der Waals surface area contributed by atoms with Crippen LogP contribution in [0.2, 0.25) is 0 Å². The minimum Gasteiger partial charge on any atom is -0.497 e. The molecule has 0 atom stereocenters. The summed E-state index contributed by atoms with van der Waals surface area (Å²) >= 11 is 0. The van der Waals surface area contributed by atoms with Gasteiger partial charge in [0.25, 0.3) is 5.91 Å². The van der Waals surface area contributed by atoms with Gasteiger partial charge in [0.15, 0.2) is 5.69 Å². The number of hydrogen-bond acceptors (Lipinski definition) is 3. The van der Waals surface area contributed by atoms with Crippen molar-refractivity contribution in [3.63, 3.8) is 0 Å². The van der Waals surface area contributed by atoms with Crippen molar-refractivity contribution >= 4 is 5.91 Å². The van der Waals surface area contributed by atoms with Gasteiger partial charge in [-0.2, -0.15) is 18.3 Å². The number of halogens is 3. The minimum absolute atomic E-state index is 0.151.